The first kappa shape index (κ1) is 9.58. The molecule has 4 heteroatoms. The molecular weight excluding hydrogens is 188 g/mol. The third-order valence-corrected chi connectivity index (χ3v) is 2.28. The quantitative estimate of drug-likeness (QED) is 0.773. The van der Waals surface area contributed by atoms with E-state index in [4.69, 9.17) is 11.5 Å². The van der Waals surface area contributed by atoms with Crippen LogP contribution in [0.15, 0.2) is 30.3 Å². The summed E-state index contributed by atoms with van der Waals surface area (Å²) >= 11 is 0. The zero-order chi connectivity index (χ0) is 10.8. The summed E-state index contributed by atoms with van der Waals surface area (Å²) in [6.45, 7) is 2.72. The highest BCUT2D eigenvalue weighted by Crippen LogP contribution is 2.11. The van der Waals surface area contributed by atoms with Gasteiger partial charge in [-0.2, -0.15) is 5.10 Å². The molecule has 2 aromatic rings. The largest absolute Gasteiger partial charge is 0.384 e. The molecule has 0 bridgehead atoms. The highest BCUT2D eigenvalue weighted by atomic mass is 15.3. The van der Waals surface area contributed by atoms with Crippen molar-refractivity contribution in [2.45, 2.75) is 13.5 Å². The van der Waals surface area contributed by atoms with Gasteiger partial charge in [-0.1, -0.05) is 29.8 Å². The van der Waals surface area contributed by atoms with Crippen LogP contribution in [0, 0.1) is 6.92 Å². The summed E-state index contributed by atoms with van der Waals surface area (Å²) in [5.74, 6) is 1.05. The number of hydrogen-bond donors (Lipinski definition) is 2. The Kier molecular flexibility index (Phi) is 2.33. The molecule has 0 saturated carbocycles. The molecule has 1 aromatic heterocycles. The summed E-state index contributed by atoms with van der Waals surface area (Å²) in [5, 5.41) is 4.10. The number of anilines is 2. The van der Waals surface area contributed by atoms with Gasteiger partial charge in [-0.05, 0) is 12.5 Å². The van der Waals surface area contributed by atoms with Crippen molar-refractivity contribution in [2.75, 3.05) is 11.5 Å². The zero-order valence-electron chi connectivity index (χ0n) is 8.64. The van der Waals surface area contributed by atoms with E-state index in [1.54, 1.807) is 10.7 Å². The molecule has 0 amide bonds. The molecule has 2 rings (SSSR count). The number of nitrogens with two attached hydrogens (primary N) is 2. The molecule has 0 fully saturated rings. The molecule has 0 radical (unpaired) electrons. The van der Waals surface area contributed by atoms with Crippen molar-refractivity contribution < 1.29 is 0 Å². The maximum atomic E-state index is 5.74. The Morgan fingerprint density at radius 3 is 2.40 bits per heavy atom. The third-order valence-electron chi connectivity index (χ3n) is 2.28. The Morgan fingerprint density at radius 2 is 1.87 bits per heavy atom. The molecular formula is C11H14N4. The first-order valence-corrected chi connectivity index (χ1v) is 4.79. The molecule has 1 aromatic carbocycles. The first-order valence-electron chi connectivity index (χ1n) is 4.79. The summed E-state index contributed by atoms with van der Waals surface area (Å²) in [4.78, 5) is 0. The molecule has 78 valence electrons. The number of nitrogens with zero attached hydrogens (tertiary/aromatic N) is 2. The van der Waals surface area contributed by atoms with Gasteiger partial charge < -0.3 is 11.5 Å². The lowest BCUT2D eigenvalue weighted by atomic mass is 10.1. The minimum absolute atomic E-state index is 0.458. The minimum atomic E-state index is 0.458. The fourth-order valence-corrected chi connectivity index (χ4v) is 1.45. The molecule has 0 aliphatic rings. The monoisotopic (exact) mass is 202 g/mol. The number of benzene rings is 1. The highest BCUT2D eigenvalue weighted by Gasteiger charge is 2.02. The maximum Gasteiger partial charge on any atom is 0.147 e. The summed E-state index contributed by atoms with van der Waals surface area (Å²) in [5.41, 5.74) is 13.7. The normalized spacial score (nSPS) is 10.5. The van der Waals surface area contributed by atoms with E-state index >= 15 is 0 Å². The van der Waals surface area contributed by atoms with Crippen LogP contribution in [-0.2, 0) is 6.54 Å². The average molecular weight is 202 g/mol. The van der Waals surface area contributed by atoms with Gasteiger partial charge >= 0.3 is 0 Å². The van der Waals surface area contributed by atoms with Gasteiger partial charge in [0.1, 0.15) is 11.6 Å². The van der Waals surface area contributed by atoms with Crippen LogP contribution in [0.2, 0.25) is 0 Å². The average Bonchev–Trinajstić information content (AvgIpc) is 2.49. The van der Waals surface area contributed by atoms with E-state index in [1.807, 2.05) is 0 Å². The summed E-state index contributed by atoms with van der Waals surface area (Å²) in [6.07, 6.45) is 0. The van der Waals surface area contributed by atoms with Gasteiger partial charge in [-0.3, -0.25) is 0 Å². The molecule has 0 aliphatic carbocycles. The first-order chi connectivity index (χ1) is 7.15. The Hall–Kier alpha value is -1.97. The lowest BCUT2D eigenvalue weighted by molar-refractivity contribution is 0.700. The molecule has 0 unspecified atom stereocenters. The fourth-order valence-electron chi connectivity index (χ4n) is 1.45. The van der Waals surface area contributed by atoms with Gasteiger partial charge in [0, 0.05) is 6.07 Å². The second kappa shape index (κ2) is 3.65. The van der Waals surface area contributed by atoms with Crippen LogP contribution in [0.25, 0.3) is 0 Å². The predicted octanol–water partition coefficient (Wildman–Crippen LogP) is 1.40. The summed E-state index contributed by atoms with van der Waals surface area (Å²) in [6, 6.07) is 9.92. The van der Waals surface area contributed by atoms with E-state index in [2.05, 4.69) is 36.3 Å². The molecule has 15 heavy (non-hydrogen) atoms. The van der Waals surface area contributed by atoms with Gasteiger partial charge in [0.25, 0.3) is 0 Å². The second-order valence-corrected chi connectivity index (χ2v) is 3.64. The van der Waals surface area contributed by atoms with Gasteiger partial charge in [0.05, 0.1) is 6.54 Å². The number of aromatic nitrogens is 2. The molecule has 4 nitrogen and oxygen atoms in total. The zero-order valence-corrected chi connectivity index (χ0v) is 8.64. The van der Waals surface area contributed by atoms with Crippen LogP contribution in [0.5, 0.6) is 0 Å². The van der Waals surface area contributed by atoms with Gasteiger partial charge in [0.15, 0.2) is 0 Å². The molecule has 0 spiro atoms. The van der Waals surface area contributed by atoms with E-state index in [0.717, 1.165) is 5.56 Å². The lowest BCUT2D eigenvalue weighted by Crippen LogP contribution is -2.05. The summed E-state index contributed by atoms with van der Waals surface area (Å²) < 4.78 is 1.69. The minimum Gasteiger partial charge on any atom is -0.384 e. The van der Waals surface area contributed by atoms with Gasteiger partial charge in [0.2, 0.25) is 0 Å². The molecule has 0 atom stereocenters. The number of rotatable bonds is 2. The van der Waals surface area contributed by atoms with Crippen LogP contribution in [0.3, 0.4) is 0 Å². The van der Waals surface area contributed by atoms with Crippen LogP contribution >= 0.6 is 0 Å². The Bertz CT molecular complexity index is 456. The number of hydrogen-bond acceptors (Lipinski definition) is 3. The Labute approximate surface area is 88.5 Å². The van der Waals surface area contributed by atoms with E-state index in [1.165, 1.54) is 5.56 Å². The highest BCUT2D eigenvalue weighted by molar-refractivity contribution is 5.42. The van der Waals surface area contributed by atoms with Crippen LogP contribution in [-0.4, -0.2) is 9.78 Å². The standard InChI is InChI=1S/C11H14N4/c1-8-2-4-9(5-3-8)7-15-11(13)6-10(12)14-15/h2-6H,7,13H2,1H3,(H2,12,14). The fraction of sp³-hybridized carbons (Fsp3) is 0.182. The van der Waals surface area contributed by atoms with E-state index in [-0.39, 0.29) is 0 Å². The lowest BCUT2D eigenvalue weighted by Gasteiger charge is -2.04. The van der Waals surface area contributed by atoms with Crippen molar-refractivity contribution in [1.29, 1.82) is 0 Å². The topological polar surface area (TPSA) is 69.9 Å². The van der Waals surface area contributed by atoms with E-state index in [0.29, 0.717) is 18.2 Å². The predicted molar refractivity (Wildman–Crippen MR) is 61.3 cm³/mol. The van der Waals surface area contributed by atoms with E-state index in [9.17, 15) is 0 Å². The van der Waals surface area contributed by atoms with Crippen molar-refractivity contribution in [2.24, 2.45) is 0 Å². The SMILES string of the molecule is Cc1ccc(Cn2nc(N)cc2N)cc1. The number of aryl methyl sites for hydroxylation is 1. The van der Waals surface area contributed by atoms with Gasteiger partial charge in [-0.25, -0.2) is 4.68 Å². The summed E-state index contributed by atoms with van der Waals surface area (Å²) in [7, 11) is 0. The Morgan fingerprint density at radius 1 is 1.20 bits per heavy atom. The maximum absolute atomic E-state index is 5.74. The Balaban J connectivity index is 2.21. The van der Waals surface area contributed by atoms with Crippen molar-refractivity contribution >= 4 is 11.6 Å². The van der Waals surface area contributed by atoms with Crippen molar-refractivity contribution in [1.82, 2.24) is 9.78 Å². The van der Waals surface area contributed by atoms with Gasteiger partial charge in [-0.15, -0.1) is 0 Å². The van der Waals surface area contributed by atoms with Crippen molar-refractivity contribution in [3.63, 3.8) is 0 Å². The number of nitrogen functional groups attached to an aromatic ring is 2. The van der Waals surface area contributed by atoms with Crippen molar-refractivity contribution in [3.8, 4) is 0 Å². The van der Waals surface area contributed by atoms with Crippen LogP contribution in [0.1, 0.15) is 11.1 Å². The molecule has 1 heterocycles. The van der Waals surface area contributed by atoms with Crippen LogP contribution < -0.4 is 11.5 Å². The third kappa shape index (κ3) is 2.10. The second-order valence-electron chi connectivity index (χ2n) is 3.64. The smallest absolute Gasteiger partial charge is 0.147 e. The molecule has 0 saturated heterocycles. The van der Waals surface area contributed by atoms with E-state index < -0.39 is 0 Å². The van der Waals surface area contributed by atoms with Crippen LogP contribution in [0.4, 0.5) is 11.6 Å². The molecule has 4 N–H and O–H groups in total. The van der Waals surface area contributed by atoms with Crippen molar-refractivity contribution in [3.05, 3.63) is 41.5 Å². The molecule has 0 aliphatic heterocycles.